The van der Waals surface area contributed by atoms with Crippen molar-refractivity contribution in [2.45, 2.75) is 19.4 Å². The van der Waals surface area contributed by atoms with E-state index in [0.717, 1.165) is 31.6 Å². The highest BCUT2D eigenvalue weighted by atomic mass is 16.7. The Morgan fingerprint density at radius 3 is 3.00 bits per heavy atom. The summed E-state index contributed by atoms with van der Waals surface area (Å²) in [5.74, 6) is 0.276. The Bertz CT molecular complexity index is 335. The van der Waals surface area contributed by atoms with Crippen molar-refractivity contribution in [3.63, 3.8) is 0 Å². The molecule has 2 rings (SSSR count). The zero-order chi connectivity index (χ0) is 10.7. The van der Waals surface area contributed by atoms with Gasteiger partial charge in [-0.3, -0.25) is 4.84 Å². The second-order valence-electron chi connectivity index (χ2n) is 3.79. The summed E-state index contributed by atoms with van der Waals surface area (Å²) in [5.41, 5.74) is 7.15. The zero-order valence-corrected chi connectivity index (χ0v) is 8.65. The Morgan fingerprint density at radius 1 is 1.40 bits per heavy atom. The van der Waals surface area contributed by atoms with Crippen molar-refractivity contribution in [3.05, 3.63) is 23.8 Å². The number of rotatable bonds is 2. The Balaban J connectivity index is 2.05. The van der Waals surface area contributed by atoms with Crippen LogP contribution in [0, 0.1) is 0 Å². The fraction of sp³-hybridized carbons (Fsp3) is 0.455. The molecule has 1 aliphatic heterocycles. The predicted octanol–water partition coefficient (Wildman–Crippen LogP) is 1.50. The van der Waals surface area contributed by atoms with Crippen LogP contribution >= 0.6 is 0 Å². The van der Waals surface area contributed by atoms with E-state index >= 15 is 0 Å². The molecule has 1 aromatic carbocycles. The van der Waals surface area contributed by atoms with Crippen LogP contribution in [0.2, 0.25) is 0 Å². The third kappa shape index (κ3) is 2.61. The summed E-state index contributed by atoms with van der Waals surface area (Å²) >= 11 is 0. The molecular formula is C11H16N2O2. The van der Waals surface area contributed by atoms with Gasteiger partial charge in [-0.2, -0.15) is 5.06 Å². The highest BCUT2D eigenvalue weighted by Crippen LogP contribution is 2.22. The van der Waals surface area contributed by atoms with Crippen molar-refractivity contribution in [1.82, 2.24) is 5.06 Å². The molecule has 1 fully saturated rings. The van der Waals surface area contributed by atoms with E-state index in [4.69, 9.17) is 10.6 Å². The van der Waals surface area contributed by atoms with Crippen molar-refractivity contribution < 1.29 is 9.94 Å². The van der Waals surface area contributed by atoms with Gasteiger partial charge >= 0.3 is 0 Å². The predicted molar refractivity (Wildman–Crippen MR) is 58.1 cm³/mol. The first-order chi connectivity index (χ1) is 7.25. The maximum absolute atomic E-state index is 9.63. The number of benzene rings is 1. The summed E-state index contributed by atoms with van der Waals surface area (Å²) in [6, 6.07) is 5.10. The van der Waals surface area contributed by atoms with Crippen LogP contribution in [0.15, 0.2) is 18.2 Å². The molecule has 0 radical (unpaired) electrons. The van der Waals surface area contributed by atoms with Crippen LogP contribution in [0.4, 0.5) is 5.69 Å². The molecular weight excluding hydrogens is 192 g/mol. The molecule has 0 saturated carbocycles. The number of nitrogens with zero attached hydrogens (tertiary/aromatic N) is 1. The van der Waals surface area contributed by atoms with Gasteiger partial charge in [-0.1, -0.05) is 0 Å². The first-order valence-corrected chi connectivity index (χ1v) is 5.21. The van der Waals surface area contributed by atoms with E-state index in [0.29, 0.717) is 12.2 Å². The summed E-state index contributed by atoms with van der Waals surface area (Å²) in [5, 5.41) is 11.5. The van der Waals surface area contributed by atoms with Gasteiger partial charge in [0, 0.05) is 17.8 Å². The van der Waals surface area contributed by atoms with Gasteiger partial charge in [0.25, 0.3) is 0 Å². The average molecular weight is 208 g/mol. The van der Waals surface area contributed by atoms with Gasteiger partial charge in [-0.15, -0.1) is 0 Å². The first kappa shape index (κ1) is 10.3. The molecule has 0 unspecified atom stereocenters. The molecule has 3 N–H and O–H groups in total. The largest absolute Gasteiger partial charge is 0.508 e. The van der Waals surface area contributed by atoms with Crippen LogP contribution in [0.5, 0.6) is 5.75 Å². The van der Waals surface area contributed by atoms with Gasteiger partial charge in [-0.05, 0) is 31.0 Å². The number of nitrogens with two attached hydrogens (primary N) is 1. The van der Waals surface area contributed by atoms with Crippen molar-refractivity contribution in [3.8, 4) is 5.75 Å². The fourth-order valence-electron chi connectivity index (χ4n) is 1.70. The molecule has 0 atom stereocenters. The minimum Gasteiger partial charge on any atom is -0.508 e. The summed E-state index contributed by atoms with van der Waals surface area (Å²) in [4.78, 5) is 5.46. The second kappa shape index (κ2) is 4.51. The lowest BCUT2D eigenvalue weighted by Crippen LogP contribution is -2.29. The molecule has 15 heavy (non-hydrogen) atoms. The van der Waals surface area contributed by atoms with Crippen molar-refractivity contribution in [1.29, 1.82) is 0 Å². The van der Waals surface area contributed by atoms with Crippen LogP contribution < -0.4 is 5.73 Å². The van der Waals surface area contributed by atoms with Crippen LogP contribution in [0.1, 0.15) is 18.4 Å². The van der Waals surface area contributed by atoms with E-state index in [2.05, 4.69) is 0 Å². The Hall–Kier alpha value is -1.26. The third-order valence-corrected chi connectivity index (χ3v) is 2.53. The van der Waals surface area contributed by atoms with Crippen LogP contribution in [-0.4, -0.2) is 23.3 Å². The minimum atomic E-state index is 0.276. The van der Waals surface area contributed by atoms with Crippen LogP contribution in [-0.2, 0) is 11.4 Å². The van der Waals surface area contributed by atoms with Gasteiger partial charge in [0.05, 0.1) is 13.2 Å². The first-order valence-electron chi connectivity index (χ1n) is 5.21. The minimum absolute atomic E-state index is 0.276. The lowest BCUT2D eigenvalue weighted by molar-refractivity contribution is -0.187. The summed E-state index contributed by atoms with van der Waals surface area (Å²) in [6.07, 6.45) is 2.25. The van der Waals surface area contributed by atoms with E-state index in [1.165, 1.54) is 0 Å². The van der Waals surface area contributed by atoms with Gasteiger partial charge in [0.2, 0.25) is 0 Å². The molecule has 0 bridgehead atoms. The Morgan fingerprint density at radius 2 is 2.27 bits per heavy atom. The number of aromatic hydroxyl groups is 1. The number of phenolic OH excluding ortho intramolecular Hbond substituents is 1. The molecule has 4 nitrogen and oxygen atoms in total. The summed E-state index contributed by atoms with van der Waals surface area (Å²) in [7, 11) is 0. The monoisotopic (exact) mass is 208 g/mol. The van der Waals surface area contributed by atoms with Crippen LogP contribution in [0.3, 0.4) is 0 Å². The molecule has 0 spiro atoms. The Kier molecular flexibility index (Phi) is 3.08. The van der Waals surface area contributed by atoms with E-state index < -0.39 is 0 Å². The molecule has 0 aliphatic carbocycles. The number of hydroxylamine groups is 2. The molecule has 1 aromatic rings. The normalized spacial score (nSPS) is 17.9. The number of hydrogen-bond donors (Lipinski definition) is 2. The Labute approximate surface area is 89.2 Å². The second-order valence-corrected chi connectivity index (χ2v) is 3.79. The van der Waals surface area contributed by atoms with Gasteiger partial charge < -0.3 is 10.8 Å². The molecule has 1 saturated heterocycles. The smallest absolute Gasteiger partial charge is 0.120 e. The van der Waals surface area contributed by atoms with E-state index in [9.17, 15) is 5.11 Å². The average Bonchev–Trinajstić information content (AvgIpc) is 2.25. The zero-order valence-electron chi connectivity index (χ0n) is 8.65. The molecule has 1 heterocycles. The lowest BCUT2D eigenvalue weighted by atomic mass is 10.1. The molecule has 4 heteroatoms. The number of anilines is 1. The molecule has 0 aromatic heterocycles. The quantitative estimate of drug-likeness (QED) is 0.571. The highest BCUT2D eigenvalue weighted by Gasteiger charge is 2.13. The summed E-state index contributed by atoms with van der Waals surface area (Å²) < 4.78 is 0. The number of nitrogen functional groups attached to an aromatic ring is 1. The van der Waals surface area contributed by atoms with Crippen molar-refractivity contribution >= 4 is 5.69 Å². The van der Waals surface area contributed by atoms with Crippen LogP contribution in [0.25, 0.3) is 0 Å². The molecule has 82 valence electrons. The van der Waals surface area contributed by atoms with E-state index in [1.54, 1.807) is 18.2 Å². The topological polar surface area (TPSA) is 58.7 Å². The van der Waals surface area contributed by atoms with E-state index in [-0.39, 0.29) is 5.75 Å². The van der Waals surface area contributed by atoms with Gasteiger partial charge in [0.15, 0.2) is 0 Å². The highest BCUT2D eigenvalue weighted by molar-refractivity contribution is 5.47. The van der Waals surface area contributed by atoms with Gasteiger partial charge in [0.1, 0.15) is 5.75 Å². The number of hydrogen-bond acceptors (Lipinski definition) is 4. The molecule has 1 aliphatic rings. The van der Waals surface area contributed by atoms with Crippen molar-refractivity contribution in [2.75, 3.05) is 18.9 Å². The standard InChI is InChI=1S/C11H16N2O2/c12-10-3-4-11(14)9(7-10)8-13-5-1-2-6-15-13/h3-4,7,14H,1-2,5-6,8,12H2. The summed E-state index contributed by atoms with van der Waals surface area (Å²) in [6.45, 7) is 2.27. The fourth-order valence-corrected chi connectivity index (χ4v) is 1.70. The third-order valence-electron chi connectivity index (χ3n) is 2.53. The van der Waals surface area contributed by atoms with Gasteiger partial charge in [-0.25, -0.2) is 0 Å². The van der Waals surface area contributed by atoms with Crippen molar-refractivity contribution in [2.24, 2.45) is 0 Å². The SMILES string of the molecule is Nc1ccc(O)c(CN2CCCCO2)c1. The maximum Gasteiger partial charge on any atom is 0.120 e. The lowest BCUT2D eigenvalue weighted by Gasteiger charge is -2.26. The van der Waals surface area contributed by atoms with E-state index in [1.807, 2.05) is 5.06 Å². The molecule has 0 amide bonds. The number of phenols is 1. The maximum atomic E-state index is 9.63.